The van der Waals surface area contributed by atoms with E-state index in [1.165, 1.54) is 12.8 Å². The fourth-order valence-electron chi connectivity index (χ4n) is 2.83. The van der Waals surface area contributed by atoms with Gasteiger partial charge in [-0.15, -0.1) is 0 Å². The van der Waals surface area contributed by atoms with Crippen LogP contribution < -0.4 is 5.73 Å². The highest BCUT2D eigenvalue weighted by Crippen LogP contribution is 2.26. The average molecular weight is 258 g/mol. The maximum atomic E-state index is 6.11. The Balaban J connectivity index is 5.19. The van der Waals surface area contributed by atoms with Gasteiger partial charge in [0.25, 0.3) is 0 Å². The van der Waals surface area contributed by atoms with Gasteiger partial charge in [-0.1, -0.05) is 34.6 Å². The number of hydrogen-bond donors (Lipinski definition) is 1. The lowest BCUT2D eigenvalue weighted by Gasteiger charge is -2.47. The summed E-state index contributed by atoms with van der Waals surface area (Å²) in [5.74, 6) is 0.653. The van der Waals surface area contributed by atoms with E-state index in [2.05, 4.69) is 39.5 Å². The first-order valence-electron chi connectivity index (χ1n) is 7.46. The smallest absolute Gasteiger partial charge is 0.0659 e. The van der Waals surface area contributed by atoms with Gasteiger partial charge in [-0.2, -0.15) is 0 Å². The number of nitrogens with two attached hydrogens (primary N) is 1. The zero-order valence-corrected chi connectivity index (χ0v) is 13.3. The first kappa shape index (κ1) is 17.9. The normalized spacial score (nSPS) is 15.7. The summed E-state index contributed by atoms with van der Waals surface area (Å²) in [6, 6.07) is 0.603. The topological polar surface area (TPSA) is 38.5 Å². The summed E-state index contributed by atoms with van der Waals surface area (Å²) < 4.78 is 5.47. The average Bonchev–Trinajstić information content (AvgIpc) is 2.36. The maximum Gasteiger partial charge on any atom is 0.0659 e. The van der Waals surface area contributed by atoms with Gasteiger partial charge >= 0.3 is 0 Å². The molecule has 1 unspecified atom stereocenters. The Morgan fingerprint density at radius 3 is 2.00 bits per heavy atom. The van der Waals surface area contributed by atoms with Crippen LogP contribution in [0, 0.1) is 5.92 Å². The summed E-state index contributed by atoms with van der Waals surface area (Å²) in [6.45, 7) is 13.8. The van der Waals surface area contributed by atoms with Crippen molar-refractivity contribution in [2.75, 3.05) is 26.8 Å². The molecule has 0 aliphatic rings. The van der Waals surface area contributed by atoms with Gasteiger partial charge in [0.1, 0.15) is 0 Å². The molecule has 0 fully saturated rings. The summed E-state index contributed by atoms with van der Waals surface area (Å²) in [7, 11) is 1.78. The second-order valence-corrected chi connectivity index (χ2v) is 5.73. The fourth-order valence-corrected chi connectivity index (χ4v) is 2.83. The minimum Gasteiger partial charge on any atom is -0.383 e. The molecule has 0 aliphatic heterocycles. The molecular formula is C15H34N2O. The molecule has 2 N–H and O–H groups in total. The van der Waals surface area contributed by atoms with Crippen LogP contribution in [0.1, 0.15) is 53.9 Å². The third kappa shape index (κ3) is 4.52. The largest absolute Gasteiger partial charge is 0.383 e. The monoisotopic (exact) mass is 258 g/mol. The van der Waals surface area contributed by atoms with Gasteiger partial charge in [-0.25, -0.2) is 0 Å². The van der Waals surface area contributed by atoms with Crippen molar-refractivity contribution in [3.63, 3.8) is 0 Å². The highest BCUT2D eigenvalue weighted by molar-refractivity contribution is 4.94. The number of rotatable bonds is 10. The van der Waals surface area contributed by atoms with Gasteiger partial charge in [0, 0.05) is 26.2 Å². The number of methoxy groups -OCH3 is 1. The molecule has 0 aromatic carbocycles. The van der Waals surface area contributed by atoms with E-state index in [1.807, 2.05) is 0 Å². The molecule has 0 heterocycles. The van der Waals surface area contributed by atoms with Crippen LogP contribution in [0.2, 0.25) is 0 Å². The minimum atomic E-state index is -0.00426. The molecule has 0 rings (SSSR count). The van der Waals surface area contributed by atoms with Gasteiger partial charge in [0.05, 0.1) is 12.1 Å². The molecule has 0 aromatic heterocycles. The Morgan fingerprint density at radius 2 is 1.72 bits per heavy atom. The highest BCUT2D eigenvalue weighted by atomic mass is 16.5. The summed E-state index contributed by atoms with van der Waals surface area (Å²) in [4.78, 5) is 2.61. The van der Waals surface area contributed by atoms with Crippen LogP contribution in [0.5, 0.6) is 0 Å². The molecule has 3 heteroatoms. The molecule has 1 atom stereocenters. The predicted molar refractivity (Wildman–Crippen MR) is 79.9 cm³/mol. The molecule has 0 aliphatic carbocycles. The van der Waals surface area contributed by atoms with Crippen LogP contribution >= 0.6 is 0 Å². The van der Waals surface area contributed by atoms with E-state index in [0.717, 1.165) is 19.6 Å². The van der Waals surface area contributed by atoms with E-state index >= 15 is 0 Å². The van der Waals surface area contributed by atoms with Crippen molar-refractivity contribution >= 4 is 0 Å². The Labute approximate surface area is 114 Å². The van der Waals surface area contributed by atoms with Crippen LogP contribution in [0.15, 0.2) is 0 Å². The summed E-state index contributed by atoms with van der Waals surface area (Å²) >= 11 is 0. The minimum absolute atomic E-state index is 0.00426. The van der Waals surface area contributed by atoms with Crippen LogP contribution in [-0.2, 0) is 4.74 Å². The lowest BCUT2D eigenvalue weighted by Crippen LogP contribution is -2.60. The summed E-state index contributed by atoms with van der Waals surface area (Å²) in [6.07, 6.45) is 3.39. The van der Waals surface area contributed by atoms with Gasteiger partial charge in [0.15, 0.2) is 0 Å². The van der Waals surface area contributed by atoms with E-state index in [4.69, 9.17) is 10.5 Å². The number of ether oxygens (including phenoxy) is 1. The summed E-state index contributed by atoms with van der Waals surface area (Å²) in [5.41, 5.74) is 6.10. The third-order valence-electron chi connectivity index (χ3n) is 4.01. The molecule has 18 heavy (non-hydrogen) atoms. The second-order valence-electron chi connectivity index (χ2n) is 5.73. The fraction of sp³-hybridized carbons (Fsp3) is 1.00. The van der Waals surface area contributed by atoms with Gasteiger partial charge in [0.2, 0.25) is 0 Å². The third-order valence-corrected chi connectivity index (χ3v) is 4.01. The van der Waals surface area contributed by atoms with Crippen molar-refractivity contribution in [3.05, 3.63) is 0 Å². The lowest BCUT2D eigenvalue weighted by molar-refractivity contribution is -0.0242. The van der Waals surface area contributed by atoms with Crippen molar-refractivity contribution in [2.45, 2.75) is 65.5 Å². The molecule has 0 saturated heterocycles. The van der Waals surface area contributed by atoms with Crippen LogP contribution in [0.3, 0.4) is 0 Å². The van der Waals surface area contributed by atoms with E-state index in [9.17, 15) is 0 Å². The van der Waals surface area contributed by atoms with Crippen LogP contribution in [-0.4, -0.2) is 43.3 Å². The van der Waals surface area contributed by atoms with Gasteiger partial charge < -0.3 is 10.5 Å². The predicted octanol–water partition coefficient (Wildman–Crippen LogP) is 2.89. The molecular weight excluding hydrogens is 224 g/mol. The zero-order chi connectivity index (χ0) is 14.2. The molecule has 0 bridgehead atoms. The maximum absolute atomic E-state index is 6.11. The SMILES string of the molecule is CCC(CC)N(CC(C)C)C(CC)(CN)COC. The second kappa shape index (κ2) is 8.89. The van der Waals surface area contributed by atoms with Crippen molar-refractivity contribution in [3.8, 4) is 0 Å². The Kier molecular flexibility index (Phi) is 8.83. The molecule has 0 spiro atoms. The van der Waals surface area contributed by atoms with Crippen molar-refractivity contribution in [1.82, 2.24) is 4.90 Å². The first-order valence-corrected chi connectivity index (χ1v) is 7.46. The van der Waals surface area contributed by atoms with Crippen LogP contribution in [0.25, 0.3) is 0 Å². The van der Waals surface area contributed by atoms with E-state index in [1.54, 1.807) is 7.11 Å². The Bertz CT molecular complexity index is 199. The number of hydrogen-bond acceptors (Lipinski definition) is 3. The molecule has 110 valence electrons. The van der Waals surface area contributed by atoms with Gasteiger partial charge in [-0.3, -0.25) is 4.90 Å². The highest BCUT2D eigenvalue weighted by Gasteiger charge is 2.37. The van der Waals surface area contributed by atoms with Gasteiger partial charge in [-0.05, 0) is 25.2 Å². The Morgan fingerprint density at radius 1 is 1.17 bits per heavy atom. The van der Waals surface area contributed by atoms with Crippen molar-refractivity contribution < 1.29 is 4.74 Å². The lowest BCUT2D eigenvalue weighted by atomic mass is 9.90. The Hall–Kier alpha value is -0.120. The first-order chi connectivity index (χ1) is 8.51. The molecule has 0 saturated carbocycles. The van der Waals surface area contributed by atoms with Crippen LogP contribution in [0.4, 0.5) is 0 Å². The molecule has 3 nitrogen and oxygen atoms in total. The van der Waals surface area contributed by atoms with Crippen molar-refractivity contribution in [1.29, 1.82) is 0 Å². The zero-order valence-electron chi connectivity index (χ0n) is 13.3. The van der Waals surface area contributed by atoms with Crippen molar-refractivity contribution in [2.24, 2.45) is 11.7 Å². The van der Waals surface area contributed by atoms with E-state index in [-0.39, 0.29) is 5.54 Å². The standard InChI is InChI=1S/C15H34N2O/c1-7-14(8-2)17(10-13(4)5)15(9-3,11-16)12-18-6/h13-14H,7-12,16H2,1-6H3. The van der Waals surface area contributed by atoms with E-state index in [0.29, 0.717) is 18.5 Å². The molecule has 0 aromatic rings. The molecule has 0 radical (unpaired) electrons. The quantitative estimate of drug-likeness (QED) is 0.655. The summed E-state index contributed by atoms with van der Waals surface area (Å²) in [5, 5.41) is 0. The van der Waals surface area contributed by atoms with E-state index < -0.39 is 0 Å². The number of nitrogens with zero attached hydrogens (tertiary/aromatic N) is 1. The molecule has 0 amide bonds.